The number of fused-ring (bicyclic) bond motifs is 1. The number of anilines is 1. The van der Waals surface area contributed by atoms with Gasteiger partial charge >= 0.3 is 5.97 Å². The van der Waals surface area contributed by atoms with Crippen LogP contribution in [0.1, 0.15) is 59.0 Å². The minimum absolute atomic E-state index is 0.128. The number of para-hydroxylation sites is 1. The average molecular weight is 521 g/mol. The highest BCUT2D eigenvalue weighted by atomic mass is 32.1. The fourth-order valence-corrected chi connectivity index (χ4v) is 5.53. The normalized spacial score (nSPS) is 13.4. The van der Waals surface area contributed by atoms with Crippen molar-refractivity contribution >= 4 is 40.1 Å². The smallest absolute Gasteiger partial charge is 0.344 e. The minimum atomic E-state index is -0.440. The Morgan fingerprint density at radius 3 is 2.57 bits per heavy atom. The van der Waals surface area contributed by atoms with Gasteiger partial charge in [0.2, 0.25) is 0 Å². The molecule has 4 rings (SSSR count). The molecule has 37 heavy (non-hydrogen) atoms. The molecule has 1 N–H and O–H groups in total. The molecule has 0 unspecified atom stereocenters. The van der Waals surface area contributed by atoms with E-state index in [1.807, 2.05) is 36.4 Å². The van der Waals surface area contributed by atoms with E-state index in [1.54, 1.807) is 43.7 Å². The van der Waals surface area contributed by atoms with Crippen LogP contribution in [0.25, 0.3) is 0 Å². The van der Waals surface area contributed by atoms with Crippen molar-refractivity contribution in [2.45, 2.75) is 45.4 Å². The van der Waals surface area contributed by atoms with Crippen LogP contribution in [0.2, 0.25) is 0 Å². The average Bonchev–Trinajstić information content (AvgIpc) is 3.23. The Morgan fingerprint density at radius 2 is 1.81 bits per heavy atom. The molecular weight excluding hydrogens is 488 g/mol. The molecule has 0 spiro atoms. The van der Waals surface area contributed by atoms with Crippen LogP contribution in [0.5, 0.6) is 11.5 Å². The van der Waals surface area contributed by atoms with Gasteiger partial charge in [-0.2, -0.15) is 0 Å². The summed E-state index contributed by atoms with van der Waals surface area (Å²) in [6.45, 7) is 1.85. The lowest BCUT2D eigenvalue weighted by Gasteiger charge is -2.12. The van der Waals surface area contributed by atoms with Gasteiger partial charge in [0, 0.05) is 16.8 Å². The molecule has 1 amide bonds. The Morgan fingerprint density at radius 1 is 1.03 bits per heavy atom. The summed E-state index contributed by atoms with van der Waals surface area (Å²) in [6.07, 6.45) is 8.18. The molecule has 0 saturated heterocycles. The Balaban J connectivity index is 1.60. The number of carbonyl (C=O) groups is 2. The molecular formula is C29H32N2O5S. The van der Waals surface area contributed by atoms with Gasteiger partial charge in [-0.05, 0) is 74.1 Å². The summed E-state index contributed by atoms with van der Waals surface area (Å²) in [4.78, 5) is 31.1. The van der Waals surface area contributed by atoms with Crippen molar-refractivity contribution in [2.24, 2.45) is 4.99 Å². The van der Waals surface area contributed by atoms with Gasteiger partial charge in [-0.3, -0.25) is 4.79 Å². The van der Waals surface area contributed by atoms with Crippen LogP contribution in [0.15, 0.2) is 53.5 Å². The molecule has 2 aromatic carbocycles. The fraction of sp³-hybridized carbons (Fsp3) is 0.345. The van der Waals surface area contributed by atoms with Crippen molar-refractivity contribution in [3.05, 3.63) is 70.1 Å². The number of hydrogen-bond donors (Lipinski definition) is 1. The van der Waals surface area contributed by atoms with E-state index in [0.29, 0.717) is 28.7 Å². The predicted octanol–water partition coefficient (Wildman–Crippen LogP) is 6.36. The number of ether oxygens (including phenoxy) is 3. The lowest BCUT2D eigenvalue weighted by atomic mass is 9.96. The fourth-order valence-electron chi connectivity index (χ4n) is 4.30. The Kier molecular flexibility index (Phi) is 9.32. The van der Waals surface area contributed by atoms with E-state index in [1.165, 1.54) is 17.7 Å². The number of benzene rings is 2. The summed E-state index contributed by atoms with van der Waals surface area (Å²) in [5.41, 5.74) is 3.35. The number of aliphatic imine (C=N–C) groups is 1. The van der Waals surface area contributed by atoms with Gasteiger partial charge in [0.1, 0.15) is 5.00 Å². The lowest BCUT2D eigenvalue weighted by molar-refractivity contribution is -0.145. The number of nitrogens with zero attached hydrogens (tertiary/aromatic N) is 1. The van der Waals surface area contributed by atoms with E-state index in [9.17, 15) is 9.59 Å². The van der Waals surface area contributed by atoms with Crippen molar-refractivity contribution < 1.29 is 23.8 Å². The summed E-state index contributed by atoms with van der Waals surface area (Å²) >= 11 is 1.61. The van der Waals surface area contributed by atoms with Crippen molar-refractivity contribution in [2.75, 3.05) is 25.6 Å². The summed E-state index contributed by atoms with van der Waals surface area (Å²) in [6, 6.07) is 14.9. The van der Waals surface area contributed by atoms with Crippen LogP contribution in [0.3, 0.4) is 0 Å². The zero-order valence-electron chi connectivity index (χ0n) is 21.2. The highest BCUT2D eigenvalue weighted by Crippen LogP contribution is 2.39. The standard InChI is InChI=1S/C29H32N2O5S/c1-3-35-26(32)19-36-23-16-15-20(17-24(23)34-2)18-30-29-27(28(33)31-21-11-7-6-8-12-21)22-13-9-4-5-10-14-25(22)37-29/h6-8,11-12,15-18H,3-5,9-10,13-14,19H2,1-2H3,(H,31,33). The molecule has 1 aliphatic rings. The van der Waals surface area contributed by atoms with Crippen molar-refractivity contribution in [3.8, 4) is 11.5 Å². The predicted molar refractivity (Wildman–Crippen MR) is 147 cm³/mol. The number of thiophene rings is 1. The van der Waals surface area contributed by atoms with Crippen molar-refractivity contribution in [1.29, 1.82) is 0 Å². The molecule has 3 aromatic rings. The number of hydrogen-bond acceptors (Lipinski definition) is 7. The second-order valence-corrected chi connectivity index (χ2v) is 9.76. The molecule has 7 nitrogen and oxygen atoms in total. The van der Waals surface area contributed by atoms with Crippen molar-refractivity contribution in [1.82, 2.24) is 0 Å². The zero-order chi connectivity index (χ0) is 26.0. The molecule has 194 valence electrons. The number of esters is 1. The summed E-state index contributed by atoms with van der Waals surface area (Å²) < 4.78 is 15.9. The van der Waals surface area contributed by atoms with Gasteiger partial charge in [-0.15, -0.1) is 11.3 Å². The maximum absolute atomic E-state index is 13.4. The minimum Gasteiger partial charge on any atom is -0.493 e. The first-order chi connectivity index (χ1) is 18.1. The van der Waals surface area contributed by atoms with E-state index in [4.69, 9.17) is 19.2 Å². The molecule has 8 heteroatoms. The summed E-state index contributed by atoms with van der Waals surface area (Å²) in [5, 5.41) is 3.76. The Bertz CT molecular complexity index is 1250. The molecule has 0 fully saturated rings. The number of aryl methyl sites for hydroxylation is 1. The van der Waals surface area contributed by atoms with Crippen LogP contribution in [0.4, 0.5) is 10.7 Å². The number of carbonyl (C=O) groups excluding carboxylic acids is 2. The van der Waals surface area contributed by atoms with Crippen LogP contribution in [-0.2, 0) is 22.4 Å². The summed E-state index contributed by atoms with van der Waals surface area (Å²) in [5.74, 6) is 0.352. The van der Waals surface area contributed by atoms with Crippen molar-refractivity contribution in [3.63, 3.8) is 0 Å². The molecule has 0 aliphatic heterocycles. The van der Waals surface area contributed by atoms with E-state index < -0.39 is 5.97 Å². The zero-order valence-corrected chi connectivity index (χ0v) is 22.1. The third-order valence-corrected chi connectivity index (χ3v) is 7.28. The van der Waals surface area contributed by atoms with Crippen LogP contribution in [0, 0.1) is 0 Å². The number of nitrogens with one attached hydrogen (secondary N) is 1. The van der Waals surface area contributed by atoms with Gasteiger partial charge in [0.15, 0.2) is 18.1 Å². The topological polar surface area (TPSA) is 86.2 Å². The van der Waals surface area contributed by atoms with E-state index in [2.05, 4.69) is 5.32 Å². The number of amides is 1. The quantitative estimate of drug-likeness (QED) is 0.262. The summed E-state index contributed by atoms with van der Waals surface area (Å²) in [7, 11) is 1.54. The van der Waals surface area contributed by atoms with Crippen LogP contribution < -0.4 is 14.8 Å². The lowest BCUT2D eigenvalue weighted by Crippen LogP contribution is -2.14. The SMILES string of the molecule is CCOC(=O)COc1ccc(C=Nc2sc3c(c2C(=O)Nc2ccccc2)CCCCCC3)cc1OC. The highest BCUT2D eigenvalue weighted by molar-refractivity contribution is 7.16. The largest absolute Gasteiger partial charge is 0.493 e. The van der Waals surface area contributed by atoms with Crippen LogP contribution >= 0.6 is 11.3 Å². The maximum atomic E-state index is 13.4. The van der Waals surface area contributed by atoms with Gasteiger partial charge in [0.25, 0.3) is 5.91 Å². The van der Waals surface area contributed by atoms with Gasteiger partial charge < -0.3 is 19.5 Å². The first-order valence-corrected chi connectivity index (χ1v) is 13.4. The second-order valence-electron chi connectivity index (χ2n) is 8.68. The van der Waals surface area contributed by atoms with Crippen LogP contribution in [-0.4, -0.2) is 38.4 Å². The molecule has 1 heterocycles. The van der Waals surface area contributed by atoms with E-state index in [0.717, 1.165) is 42.5 Å². The Labute approximate surface area is 221 Å². The molecule has 0 atom stereocenters. The third-order valence-electron chi connectivity index (χ3n) is 6.08. The van der Waals surface area contributed by atoms with E-state index >= 15 is 0 Å². The molecule has 0 bridgehead atoms. The highest BCUT2D eigenvalue weighted by Gasteiger charge is 2.24. The van der Waals surface area contributed by atoms with E-state index in [-0.39, 0.29) is 12.5 Å². The number of methoxy groups -OCH3 is 1. The second kappa shape index (κ2) is 13.1. The third kappa shape index (κ3) is 6.98. The maximum Gasteiger partial charge on any atom is 0.344 e. The molecule has 0 saturated carbocycles. The monoisotopic (exact) mass is 520 g/mol. The number of rotatable bonds is 9. The molecule has 1 aromatic heterocycles. The molecule has 0 radical (unpaired) electrons. The first-order valence-electron chi connectivity index (χ1n) is 12.6. The molecule has 1 aliphatic carbocycles. The van der Waals surface area contributed by atoms with Gasteiger partial charge in [-0.1, -0.05) is 31.0 Å². The van der Waals surface area contributed by atoms with Gasteiger partial charge in [-0.25, -0.2) is 9.79 Å². The first kappa shape index (κ1) is 26.4. The van der Waals surface area contributed by atoms with Gasteiger partial charge in [0.05, 0.1) is 19.3 Å². The Hall–Kier alpha value is -3.65.